The van der Waals surface area contributed by atoms with Crippen LogP contribution >= 0.6 is 22.6 Å². The van der Waals surface area contributed by atoms with Crippen LogP contribution in [0.4, 0.5) is 0 Å². The third kappa shape index (κ3) is 1.45. The first-order valence-corrected chi connectivity index (χ1v) is 5.30. The van der Waals surface area contributed by atoms with Crippen molar-refractivity contribution in [3.05, 3.63) is 0 Å². The molecule has 2 bridgehead atoms. The Bertz CT molecular complexity index is 175. The van der Waals surface area contributed by atoms with Gasteiger partial charge in [-0.1, -0.05) is 0 Å². The highest BCUT2D eigenvalue weighted by atomic mass is 127. The first-order chi connectivity index (χ1) is 5.27. The van der Waals surface area contributed by atoms with Gasteiger partial charge in [0.2, 0.25) is 3.79 Å². The van der Waals surface area contributed by atoms with Crippen molar-refractivity contribution in [1.29, 1.82) is 0 Å². The Morgan fingerprint density at radius 3 is 2.18 bits per heavy atom. The van der Waals surface area contributed by atoms with Crippen molar-refractivity contribution < 1.29 is 4.79 Å². The highest BCUT2D eigenvalue weighted by molar-refractivity contribution is 14.1. The van der Waals surface area contributed by atoms with Crippen LogP contribution in [0.25, 0.3) is 0 Å². The molecule has 2 saturated heterocycles. The van der Waals surface area contributed by atoms with Crippen molar-refractivity contribution in [3.63, 3.8) is 0 Å². The lowest BCUT2D eigenvalue weighted by Gasteiger charge is -2.41. The van der Waals surface area contributed by atoms with Crippen LogP contribution in [0, 0.1) is 5.92 Å². The van der Waals surface area contributed by atoms with Crippen LogP contribution in [0.1, 0.15) is 25.7 Å². The minimum Gasteiger partial charge on any atom is -0.304 e. The molecule has 2 nitrogen and oxygen atoms in total. The quantitative estimate of drug-likeness (QED) is 0.574. The van der Waals surface area contributed by atoms with Crippen molar-refractivity contribution in [3.8, 4) is 0 Å². The van der Waals surface area contributed by atoms with Crippen LogP contribution in [-0.2, 0) is 4.79 Å². The first-order valence-electron chi connectivity index (χ1n) is 4.23. The van der Waals surface area contributed by atoms with Crippen LogP contribution in [0.3, 0.4) is 0 Å². The minimum atomic E-state index is 0.183. The summed E-state index contributed by atoms with van der Waals surface area (Å²) in [6, 6.07) is 0.826. The van der Waals surface area contributed by atoms with Crippen molar-refractivity contribution >= 4 is 26.4 Å². The molecule has 0 spiro atoms. The van der Waals surface area contributed by atoms with Crippen molar-refractivity contribution in [1.82, 2.24) is 5.32 Å². The van der Waals surface area contributed by atoms with E-state index in [1.54, 1.807) is 0 Å². The number of hydrogen-bond acceptors (Lipinski definition) is 2. The van der Waals surface area contributed by atoms with Gasteiger partial charge in [-0.25, -0.2) is 0 Å². The maximum atomic E-state index is 11.1. The Morgan fingerprint density at radius 1 is 1.27 bits per heavy atom. The molecular formula is C8H12INO. The SMILES string of the molecule is O=C(I)[C@H]1NC2CCC1CC2. The van der Waals surface area contributed by atoms with Gasteiger partial charge in [0.25, 0.3) is 0 Å². The van der Waals surface area contributed by atoms with Crippen LogP contribution in [0.2, 0.25) is 0 Å². The summed E-state index contributed by atoms with van der Waals surface area (Å²) in [6.07, 6.45) is 5.09. The summed E-state index contributed by atoms with van der Waals surface area (Å²) < 4.78 is 0.303. The zero-order chi connectivity index (χ0) is 7.84. The Balaban J connectivity index is 2.08. The van der Waals surface area contributed by atoms with E-state index in [1.807, 2.05) is 22.6 Å². The van der Waals surface area contributed by atoms with E-state index in [0.717, 1.165) is 0 Å². The molecule has 0 aromatic carbocycles. The van der Waals surface area contributed by atoms with Gasteiger partial charge in [-0.3, -0.25) is 4.79 Å². The van der Waals surface area contributed by atoms with Gasteiger partial charge in [0.15, 0.2) is 0 Å². The second-order valence-corrected chi connectivity index (χ2v) is 4.62. The zero-order valence-electron chi connectivity index (χ0n) is 6.35. The summed E-state index contributed by atoms with van der Waals surface area (Å²) in [4.78, 5) is 11.1. The molecule has 3 rings (SSSR count). The number of piperidine rings is 2. The Kier molecular flexibility index (Phi) is 2.19. The van der Waals surface area contributed by atoms with E-state index in [9.17, 15) is 4.79 Å². The molecule has 0 radical (unpaired) electrons. The summed E-state index contributed by atoms with van der Waals surface area (Å²) >= 11 is 1.92. The molecule has 3 heteroatoms. The predicted octanol–water partition coefficient (Wildman–Crippen LogP) is 1.48. The topological polar surface area (TPSA) is 29.1 Å². The molecule has 0 amide bonds. The molecule has 2 aliphatic heterocycles. The molecule has 1 N–H and O–H groups in total. The third-order valence-electron chi connectivity index (χ3n) is 2.90. The largest absolute Gasteiger partial charge is 0.304 e. The number of carbonyl (C=O) groups excluding carboxylic acids is 1. The second kappa shape index (κ2) is 3.01. The van der Waals surface area contributed by atoms with Gasteiger partial charge in [0, 0.05) is 28.6 Å². The average molecular weight is 265 g/mol. The number of nitrogens with one attached hydrogen (secondary N) is 1. The summed E-state index contributed by atoms with van der Waals surface area (Å²) in [7, 11) is 0. The van der Waals surface area contributed by atoms with Crippen LogP contribution < -0.4 is 5.32 Å². The zero-order valence-corrected chi connectivity index (χ0v) is 8.50. The molecule has 3 fully saturated rings. The van der Waals surface area contributed by atoms with Gasteiger partial charge < -0.3 is 5.32 Å². The number of rotatable bonds is 1. The van der Waals surface area contributed by atoms with Crippen LogP contribution in [0.15, 0.2) is 0 Å². The molecule has 1 atom stereocenters. The van der Waals surface area contributed by atoms with Gasteiger partial charge in [-0.2, -0.15) is 0 Å². The Morgan fingerprint density at radius 2 is 1.91 bits per heavy atom. The maximum Gasteiger partial charge on any atom is 0.209 e. The lowest BCUT2D eigenvalue weighted by Crippen LogP contribution is -2.54. The Labute approximate surface area is 80.3 Å². The highest BCUT2D eigenvalue weighted by Gasteiger charge is 2.37. The lowest BCUT2D eigenvalue weighted by atomic mass is 9.77. The number of carbonyl (C=O) groups is 1. The van der Waals surface area contributed by atoms with Gasteiger partial charge in [-0.15, -0.1) is 0 Å². The molecule has 1 saturated carbocycles. The molecule has 0 unspecified atom stereocenters. The molecular weight excluding hydrogens is 253 g/mol. The fourth-order valence-electron chi connectivity index (χ4n) is 2.26. The predicted molar refractivity (Wildman–Crippen MR) is 51.7 cm³/mol. The van der Waals surface area contributed by atoms with Crippen molar-refractivity contribution in [2.24, 2.45) is 5.92 Å². The van der Waals surface area contributed by atoms with Crippen molar-refractivity contribution in [2.75, 3.05) is 0 Å². The minimum absolute atomic E-state index is 0.183. The van der Waals surface area contributed by atoms with E-state index in [-0.39, 0.29) is 6.04 Å². The standard InChI is InChI=1S/C8H12INO/c9-8(11)7-5-1-3-6(10-7)4-2-5/h5-7,10H,1-4H2/t5?,6?,7-/m0/s1. The fraction of sp³-hybridized carbons (Fsp3) is 0.875. The van der Waals surface area contributed by atoms with E-state index < -0.39 is 0 Å². The molecule has 2 heterocycles. The summed E-state index contributed by atoms with van der Waals surface area (Å²) in [5.41, 5.74) is 0. The Hall–Kier alpha value is 0.360. The van der Waals surface area contributed by atoms with E-state index in [2.05, 4.69) is 5.32 Å². The molecule has 62 valence electrons. The van der Waals surface area contributed by atoms with Gasteiger partial charge in [0.1, 0.15) is 0 Å². The van der Waals surface area contributed by atoms with E-state index in [0.29, 0.717) is 15.7 Å². The average Bonchev–Trinajstić information content (AvgIpc) is 2.06. The number of fused-ring (bicyclic) bond motifs is 3. The molecule has 11 heavy (non-hydrogen) atoms. The summed E-state index contributed by atoms with van der Waals surface area (Å²) in [5, 5.41) is 3.40. The third-order valence-corrected chi connectivity index (χ3v) is 3.57. The second-order valence-electron chi connectivity index (χ2n) is 3.56. The monoisotopic (exact) mass is 265 g/mol. The van der Waals surface area contributed by atoms with E-state index in [4.69, 9.17) is 0 Å². The number of hydrogen-bond donors (Lipinski definition) is 1. The fourth-order valence-corrected chi connectivity index (χ4v) is 2.95. The molecule has 1 aliphatic carbocycles. The van der Waals surface area contributed by atoms with E-state index in [1.165, 1.54) is 25.7 Å². The smallest absolute Gasteiger partial charge is 0.209 e. The van der Waals surface area contributed by atoms with Gasteiger partial charge in [0.05, 0.1) is 6.04 Å². The van der Waals surface area contributed by atoms with E-state index >= 15 is 0 Å². The molecule has 0 aromatic rings. The van der Waals surface area contributed by atoms with Crippen LogP contribution in [-0.4, -0.2) is 15.9 Å². The molecule has 0 aromatic heterocycles. The van der Waals surface area contributed by atoms with Gasteiger partial charge >= 0.3 is 0 Å². The lowest BCUT2D eigenvalue weighted by molar-refractivity contribution is -0.114. The van der Waals surface area contributed by atoms with Crippen molar-refractivity contribution in [2.45, 2.75) is 37.8 Å². The summed E-state index contributed by atoms with van der Waals surface area (Å²) in [6.45, 7) is 0. The van der Waals surface area contributed by atoms with Crippen LogP contribution in [0.5, 0.6) is 0 Å². The number of halogens is 1. The molecule has 3 aliphatic rings. The highest BCUT2D eigenvalue weighted by Crippen LogP contribution is 2.33. The summed E-state index contributed by atoms with van der Waals surface area (Å²) in [5.74, 6) is 0.643. The first kappa shape index (κ1) is 7.98. The maximum absolute atomic E-state index is 11.1. The van der Waals surface area contributed by atoms with Gasteiger partial charge in [-0.05, 0) is 31.6 Å². The normalized spacial score (nSPS) is 42.5.